The van der Waals surface area contributed by atoms with Crippen LogP contribution in [0.15, 0.2) is 29.3 Å². The van der Waals surface area contributed by atoms with Crippen molar-refractivity contribution in [2.24, 2.45) is 4.99 Å². The average Bonchev–Trinajstić information content (AvgIpc) is 2.39. The van der Waals surface area contributed by atoms with E-state index in [-0.39, 0.29) is 57.1 Å². The third kappa shape index (κ3) is 6.96. The molecule has 0 saturated heterocycles. The van der Waals surface area contributed by atoms with Gasteiger partial charge < -0.3 is 9.90 Å². The number of carbonyl (C=O) groups is 1. The quantitative estimate of drug-likeness (QED) is 0.248. The van der Waals surface area contributed by atoms with Crippen LogP contribution in [-0.2, 0) is 4.79 Å². The van der Waals surface area contributed by atoms with E-state index in [1.54, 1.807) is 0 Å². The summed E-state index contributed by atoms with van der Waals surface area (Å²) in [6.45, 7) is 0. The first-order valence-corrected chi connectivity index (χ1v) is 6.91. The van der Waals surface area contributed by atoms with Crippen LogP contribution < -0.4 is 56.5 Å². The Morgan fingerprint density at radius 3 is 2.50 bits per heavy atom. The van der Waals surface area contributed by atoms with Crippen LogP contribution in [0, 0.1) is 10.1 Å². The number of aliphatic carboxylic acids is 1. The van der Waals surface area contributed by atoms with Gasteiger partial charge in [-0.05, 0) is 36.1 Å². The van der Waals surface area contributed by atoms with Gasteiger partial charge in [-0.15, -0.1) is 0 Å². The first-order valence-electron chi connectivity index (χ1n) is 5.52. The Morgan fingerprint density at radius 1 is 1.45 bits per heavy atom. The normalized spacial score (nSPS) is 11.8. The largest absolute Gasteiger partial charge is 1.00 e. The van der Waals surface area contributed by atoms with Crippen molar-refractivity contribution in [3.63, 3.8) is 0 Å². The molecule has 0 aromatic heterocycles. The number of carboxylic acid groups (broad SMARTS) is 1. The molecule has 20 heavy (non-hydrogen) atoms. The van der Waals surface area contributed by atoms with Crippen LogP contribution in [0.2, 0.25) is 0 Å². The number of nitro groups is 1. The molecule has 6 nitrogen and oxygen atoms in total. The zero-order valence-corrected chi connectivity index (χ0v) is 15.3. The molecule has 0 heterocycles. The maximum absolute atomic E-state index is 10.8. The van der Waals surface area contributed by atoms with E-state index in [0.717, 1.165) is 0 Å². The summed E-state index contributed by atoms with van der Waals surface area (Å²) < 4.78 is 0. The Balaban J connectivity index is 0.00000361. The van der Waals surface area contributed by atoms with E-state index < -0.39 is 16.9 Å². The number of aliphatic imine (C=N–C) groups is 1. The van der Waals surface area contributed by atoms with Crippen LogP contribution in [0.1, 0.15) is 12.0 Å². The molecular formula is C12H13KN2O4S. The molecule has 1 unspecified atom stereocenters. The molecule has 0 N–H and O–H groups in total. The van der Waals surface area contributed by atoms with Crippen LogP contribution in [0.3, 0.4) is 0 Å². The summed E-state index contributed by atoms with van der Waals surface area (Å²) in [4.78, 5) is 24.8. The molecule has 0 bridgehead atoms. The van der Waals surface area contributed by atoms with Crippen LogP contribution in [0.25, 0.3) is 0 Å². The van der Waals surface area contributed by atoms with Crippen molar-refractivity contribution >= 4 is 29.6 Å². The smallest absolute Gasteiger partial charge is 0.548 e. The summed E-state index contributed by atoms with van der Waals surface area (Å²) in [5.41, 5.74) is 0.594. The minimum absolute atomic E-state index is 0. The molecule has 1 rings (SSSR count). The van der Waals surface area contributed by atoms with Gasteiger partial charge in [0.05, 0.1) is 16.9 Å². The van der Waals surface area contributed by atoms with E-state index in [1.807, 2.05) is 6.26 Å². The van der Waals surface area contributed by atoms with Gasteiger partial charge >= 0.3 is 51.4 Å². The van der Waals surface area contributed by atoms with Gasteiger partial charge in [-0.1, -0.05) is 0 Å². The van der Waals surface area contributed by atoms with Crippen molar-refractivity contribution in [2.45, 2.75) is 12.5 Å². The molecule has 0 amide bonds. The van der Waals surface area contributed by atoms with Crippen LogP contribution in [-0.4, -0.2) is 35.2 Å². The molecule has 0 fully saturated rings. The Labute approximate surface area is 163 Å². The monoisotopic (exact) mass is 320 g/mol. The Bertz CT molecular complexity index is 479. The summed E-state index contributed by atoms with van der Waals surface area (Å²) in [7, 11) is 0. The van der Waals surface area contributed by atoms with Crippen LogP contribution in [0.4, 0.5) is 5.69 Å². The van der Waals surface area contributed by atoms with Gasteiger partial charge in [0.25, 0.3) is 5.69 Å². The minimum Gasteiger partial charge on any atom is -0.548 e. The van der Waals surface area contributed by atoms with Crippen molar-refractivity contribution in [1.82, 2.24) is 0 Å². The molecule has 1 aromatic carbocycles. The maximum Gasteiger partial charge on any atom is 1.00 e. The van der Waals surface area contributed by atoms with Gasteiger partial charge in [0, 0.05) is 18.3 Å². The van der Waals surface area contributed by atoms with Crippen LogP contribution in [0.5, 0.6) is 0 Å². The maximum atomic E-state index is 10.8. The summed E-state index contributed by atoms with van der Waals surface area (Å²) in [5.74, 6) is -0.539. The van der Waals surface area contributed by atoms with Gasteiger partial charge in [-0.3, -0.25) is 15.1 Å². The van der Waals surface area contributed by atoms with Gasteiger partial charge in [0.15, 0.2) is 0 Å². The van der Waals surface area contributed by atoms with Crippen LogP contribution >= 0.6 is 11.8 Å². The van der Waals surface area contributed by atoms with E-state index in [1.165, 1.54) is 42.2 Å². The number of non-ortho nitro benzene ring substituents is 1. The van der Waals surface area contributed by atoms with Gasteiger partial charge in [0.1, 0.15) is 0 Å². The molecule has 0 aliphatic carbocycles. The number of benzene rings is 1. The second-order valence-electron chi connectivity index (χ2n) is 3.74. The third-order valence-electron chi connectivity index (χ3n) is 2.37. The molecule has 102 valence electrons. The molecule has 0 aliphatic rings. The van der Waals surface area contributed by atoms with Crippen molar-refractivity contribution < 1.29 is 66.2 Å². The second-order valence-corrected chi connectivity index (χ2v) is 4.73. The number of carbonyl (C=O) groups excluding carboxylic acids is 1. The predicted molar refractivity (Wildman–Crippen MR) is 72.5 cm³/mol. The number of nitro benzene ring substituents is 1. The summed E-state index contributed by atoms with van der Waals surface area (Å²) in [5, 5.41) is 21.3. The fourth-order valence-electron chi connectivity index (χ4n) is 1.34. The SMILES string of the molecule is CSCCC(N=Cc1ccc([N+](=O)[O-])cc1)C(=O)[O-].[K+]. The molecular weight excluding hydrogens is 307 g/mol. The van der Waals surface area contributed by atoms with E-state index in [0.29, 0.717) is 17.7 Å². The fraction of sp³-hybridized carbons (Fsp3) is 0.333. The predicted octanol–water partition coefficient (Wildman–Crippen LogP) is -2.11. The molecule has 0 spiro atoms. The zero-order valence-electron chi connectivity index (χ0n) is 11.3. The van der Waals surface area contributed by atoms with Crippen molar-refractivity contribution in [3.8, 4) is 0 Å². The molecule has 0 radical (unpaired) electrons. The van der Waals surface area contributed by atoms with E-state index in [9.17, 15) is 20.0 Å². The number of rotatable bonds is 7. The van der Waals surface area contributed by atoms with Gasteiger partial charge in [-0.25, -0.2) is 0 Å². The second kappa shape index (κ2) is 10.5. The summed E-state index contributed by atoms with van der Waals surface area (Å²) in [6.07, 6.45) is 3.67. The summed E-state index contributed by atoms with van der Waals surface area (Å²) in [6, 6.07) is 4.84. The minimum atomic E-state index is -1.22. The van der Waals surface area contributed by atoms with E-state index >= 15 is 0 Å². The molecule has 8 heteroatoms. The Morgan fingerprint density at radius 2 is 2.05 bits per heavy atom. The molecule has 1 aromatic rings. The fourth-order valence-corrected chi connectivity index (χ4v) is 1.80. The Hall–Kier alpha value is -0.254. The average molecular weight is 320 g/mol. The number of hydrogen-bond donors (Lipinski definition) is 0. The first-order chi connectivity index (χ1) is 9.04. The van der Waals surface area contributed by atoms with Crippen molar-refractivity contribution in [1.29, 1.82) is 0 Å². The number of nitrogens with zero attached hydrogens (tertiary/aromatic N) is 2. The van der Waals surface area contributed by atoms with E-state index in [2.05, 4.69) is 4.99 Å². The summed E-state index contributed by atoms with van der Waals surface area (Å²) >= 11 is 1.53. The topological polar surface area (TPSA) is 95.6 Å². The molecule has 0 saturated carbocycles. The van der Waals surface area contributed by atoms with Crippen molar-refractivity contribution in [3.05, 3.63) is 39.9 Å². The molecule has 0 aliphatic heterocycles. The Kier molecular flexibility index (Phi) is 10.3. The number of hydrogen-bond acceptors (Lipinski definition) is 6. The third-order valence-corrected chi connectivity index (χ3v) is 3.02. The van der Waals surface area contributed by atoms with E-state index in [4.69, 9.17) is 0 Å². The number of thioether (sulfide) groups is 1. The zero-order chi connectivity index (χ0) is 14.3. The van der Waals surface area contributed by atoms with Crippen molar-refractivity contribution in [2.75, 3.05) is 12.0 Å². The van der Waals surface area contributed by atoms with Gasteiger partial charge in [-0.2, -0.15) is 11.8 Å². The first kappa shape index (κ1) is 19.7. The molecule has 1 atom stereocenters. The standard InChI is InChI=1S/C12H14N2O4S.K/c1-19-7-6-11(12(15)16)13-8-9-2-4-10(5-3-9)14(17)18;/h2-5,8,11H,6-7H2,1H3,(H,15,16);/q;+1/p-1. The number of carboxylic acids is 1. The van der Waals surface area contributed by atoms with Gasteiger partial charge in [0.2, 0.25) is 0 Å².